The SMILES string of the molecule is COc1cc(C=C(C#N)C(=O)Nc2ccccc2)cc(Cl)c1OCC(=O)Nc1ccc(F)cc1. The van der Waals surface area contributed by atoms with Crippen molar-refractivity contribution in [3.8, 4) is 17.6 Å². The van der Waals surface area contributed by atoms with Gasteiger partial charge in [0, 0.05) is 11.4 Å². The molecule has 0 unspecified atom stereocenters. The van der Waals surface area contributed by atoms with Crippen LogP contribution in [-0.2, 0) is 9.59 Å². The Morgan fingerprint density at radius 3 is 2.38 bits per heavy atom. The highest BCUT2D eigenvalue weighted by atomic mass is 35.5. The van der Waals surface area contributed by atoms with Crippen molar-refractivity contribution in [3.63, 3.8) is 0 Å². The number of nitriles is 1. The molecule has 0 bridgehead atoms. The number of para-hydroxylation sites is 1. The molecule has 3 rings (SSSR count). The lowest BCUT2D eigenvalue weighted by molar-refractivity contribution is -0.118. The van der Waals surface area contributed by atoms with Crippen LogP contribution in [0.1, 0.15) is 5.56 Å². The lowest BCUT2D eigenvalue weighted by Crippen LogP contribution is -2.20. The van der Waals surface area contributed by atoms with Crippen LogP contribution in [0.3, 0.4) is 0 Å². The van der Waals surface area contributed by atoms with Crippen molar-refractivity contribution in [1.29, 1.82) is 5.26 Å². The highest BCUT2D eigenvalue weighted by Gasteiger charge is 2.16. The van der Waals surface area contributed by atoms with Gasteiger partial charge in [0.1, 0.15) is 17.5 Å². The molecule has 7 nitrogen and oxygen atoms in total. The van der Waals surface area contributed by atoms with Gasteiger partial charge in [0.2, 0.25) is 0 Å². The number of benzene rings is 3. The molecule has 2 amide bonds. The molecule has 0 aromatic heterocycles. The summed E-state index contributed by atoms with van der Waals surface area (Å²) in [5.41, 5.74) is 1.23. The third kappa shape index (κ3) is 6.58. The van der Waals surface area contributed by atoms with E-state index in [-0.39, 0.29) is 28.7 Å². The average Bonchev–Trinajstić information content (AvgIpc) is 2.83. The van der Waals surface area contributed by atoms with Crippen molar-refractivity contribution < 1.29 is 23.5 Å². The number of carbonyl (C=O) groups is 2. The molecular formula is C25H19ClFN3O4. The zero-order valence-corrected chi connectivity index (χ0v) is 18.7. The summed E-state index contributed by atoms with van der Waals surface area (Å²) in [6.07, 6.45) is 1.36. The van der Waals surface area contributed by atoms with E-state index in [9.17, 15) is 19.2 Å². The molecule has 0 spiro atoms. The molecule has 0 saturated heterocycles. The van der Waals surface area contributed by atoms with Gasteiger partial charge in [-0.15, -0.1) is 0 Å². The van der Waals surface area contributed by atoms with Crippen LogP contribution in [0.5, 0.6) is 11.5 Å². The quantitative estimate of drug-likeness (QED) is 0.348. The van der Waals surface area contributed by atoms with Crippen LogP contribution in [0.25, 0.3) is 6.08 Å². The van der Waals surface area contributed by atoms with Crippen LogP contribution >= 0.6 is 11.6 Å². The second kappa shape index (κ2) is 11.5. The summed E-state index contributed by atoms with van der Waals surface area (Å²) in [5.74, 6) is -1.17. The van der Waals surface area contributed by atoms with Gasteiger partial charge in [-0.05, 0) is 60.2 Å². The van der Waals surface area contributed by atoms with E-state index < -0.39 is 17.6 Å². The lowest BCUT2D eigenvalue weighted by atomic mass is 10.1. The third-order valence-corrected chi connectivity index (χ3v) is 4.72. The number of rotatable bonds is 8. The molecule has 3 aromatic carbocycles. The largest absolute Gasteiger partial charge is 0.493 e. The van der Waals surface area contributed by atoms with Crippen molar-refractivity contribution in [2.24, 2.45) is 0 Å². The molecule has 172 valence electrons. The van der Waals surface area contributed by atoms with Crippen LogP contribution < -0.4 is 20.1 Å². The van der Waals surface area contributed by atoms with Gasteiger partial charge in [0.05, 0.1) is 12.1 Å². The molecule has 0 atom stereocenters. The lowest BCUT2D eigenvalue weighted by Gasteiger charge is -2.13. The molecule has 0 saturated carbocycles. The Balaban J connectivity index is 1.72. The van der Waals surface area contributed by atoms with Gasteiger partial charge < -0.3 is 20.1 Å². The van der Waals surface area contributed by atoms with E-state index in [1.54, 1.807) is 30.3 Å². The first kappa shape index (κ1) is 24.3. The summed E-state index contributed by atoms with van der Waals surface area (Å²) in [7, 11) is 1.39. The van der Waals surface area contributed by atoms with E-state index in [1.807, 2.05) is 6.07 Å². The van der Waals surface area contributed by atoms with Gasteiger partial charge in [-0.1, -0.05) is 29.8 Å². The first-order valence-corrected chi connectivity index (χ1v) is 10.3. The number of ether oxygens (including phenoxy) is 2. The predicted molar refractivity (Wildman–Crippen MR) is 127 cm³/mol. The molecular weight excluding hydrogens is 461 g/mol. The van der Waals surface area contributed by atoms with E-state index in [4.69, 9.17) is 21.1 Å². The number of hydrogen-bond donors (Lipinski definition) is 2. The van der Waals surface area contributed by atoms with Crippen LogP contribution in [0, 0.1) is 17.1 Å². The Morgan fingerprint density at radius 2 is 1.74 bits per heavy atom. The van der Waals surface area contributed by atoms with Crippen molar-refractivity contribution in [1.82, 2.24) is 0 Å². The van der Waals surface area contributed by atoms with Gasteiger partial charge in [-0.3, -0.25) is 9.59 Å². The minimum absolute atomic E-state index is 0.112. The maximum Gasteiger partial charge on any atom is 0.266 e. The van der Waals surface area contributed by atoms with Crippen molar-refractivity contribution >= 4 is 40.9 Å². The third-order valence-electron chi connectivity index (χ3n) is 4.44. The highest BCUT2D eigenvalue weighted by Crippen LogP contribution is 2.37. The molecule has 9 heteroatoms. The zero-order valence-electron chi connectivity index (χ0n) is 18.0. The molecule has 0 fully saturated rings. The fourth-order valence-electron chi connectivity index (χ4n) is 2.87. The van der Waals surface area contributed by atoms with E-state index >= 15 is 0 Å². The second-order valence-electron chi connectivity index (χ2n) is 6.87. The Morgan fingerprint density at radius 1 is 1.06 bits per heavy atom. The zero-order chi connectivity index (χ0) is 24.5. The summed E-state index contributed by atoms with van der Waals surface area (Å²) in [6.45, 7) is -0.383. The van der Waals surface area contributed by atoms with Gasteiger partial charge in [-0.2, -0.15) is 5.26 Å². The molecule has 2 N–H and O–H groups in total. The Kier molecular flexibility index (Phi) is 8.21. The second-order valence-corrected chi connectivity index (χ2v) is 7.28. The van der Waals surface area contributed by atoms with Crippen LogP contribution in [0.4, 0.5) is 15.8 Å². The van der Waals surface area contributed by atoms with Gasteiger partial charge >= 0.3 is 0 Å². The van der Waals surface area contributed by atoms with Crippen LogP contribution in [0.15, 0.2) is 72.3 Å². The fraction of sp³-hybridized carbons (Fsp3) is 0.0800. The standard InChI is InChI=1S/C25H19ClFN3O4/c1-33-22-13-16(11-17(14-28)25(32)30-19-5-3-2-4-6-19)12-21(26)24(22)34-15-23(31)29-20-9-7-18(27)8-10-20/h2-13H,15H2,1H3,(H,29,31)(H,30,32). The summed E-state index contributed by atoms with van der Waals surface area (Å²) in [5, 5.41) is 14.8. The maximum atomic E-state index is 13.0. The maximum absolute atomic E-state index is 13.0. The minimum atomic E-state index is -0.582. The minimum Gasteiger partial charge on any atom is -0.493 e. The first-order chi connectivity index (χ1) is 16.4. The molecule has 3 aromatic rings. The number of anilines is 2. The topological polar surface area (TPSA) is 100 Å². The molecule has 0 heterocycles. The Labute approximate surface area is 200 Å². The summed E-state index contributed by atoms with van der Waals surface area (Å²) in [4.78, 5) is 24.6. The predicted octanol–water partition coefficient (Wildman–Crippen LogP) is 5.05. The number of nitrogens with one attached hydrogen (secondary N) is 2. The van der Waals surface area contributed by atoms with Crippen LogP contribution in [-0.4, -0.2) is 25.5 Å². The van der Waals surface area contributed by atoms with Crippen LogP contribution in [0.2, 0.25) is 5.02 Å². The summed E-state index contributed by atoms with van der Waals surface area (Å²) < 4.78 is 23.8. The van der Waals surface area contributed by atoms with Gasteiger partial charge in [0.25, 0.3) is 11.8 Å². The molecule has 0 aliphatic heterocycles. The number of methoxy groups -OCH3 is 1. The van der Waals surface area contributed by atoms with E-state index in [0.29, 0.717) is 16.9 Å². The molecule has 0 aliphatic carbocycles. The monoisotopic (exact) mass is 479 g/mol. The number of halogens is 2. The Hall–Kier alpha value is -4.35. The van der Waals surface area contributed by atoms with E-state index in [0.717, 1.165) is 0 Å². The fourth-order valence-corrected chi connectivity index (χ4v) is 3.14. The molecule has 0 aliphatic rings. The van der Waals surface area contributed by atoms with E-state index in [1.165, 1.54) is 49.6 Å². The number of nitrogens with zero attached hydrogens (tertiary/aromatic N) is 1. The molecule has 0 radical (unpaired) electrons. The molecule has 34 heavy (non-hydrogen) atoms. The Bertz CT molecular complexity index is 1260. The number of hydrogen-bond acceptors (Lipinski definition) is 5. The summed E-state index contributed by atoms with van der Waals surface area (Å²) in [6, 6.07) is 18.9. The summed E-state index contributed by atoms with van der Waals surface area (Å²) >= 11 is 6.32. The van der Waals surface area contributed by atoms with Gasteiger partial charge in [0.15, 0.2) is 18.1 Å². The van der Waals surface area contributed by atoms with Gasteiger partial charge in [-0.25, -0.2) is 4.39 Å². The normalized spacial score (nSPS) is 10.7. The average molecular weight is 480 g/mol. The van der Waals surface area contributed by atoms with Crippen molar-refractivity contribution in [3.05, 3.63) is 88.7 Å². The first-order valence-electron chi connectivity index (χ1n) is 9.93. The van der Waals surface area contributed by atoms with Crippen molar-refractivity contribution in [2.45, 2.75) is 0 Å². The highest BCUT2D eigenvalue weighted by molar-refractivity contribution is 6.32. The smallest absolute Gasteiger partial charge is 0.266 e. The van der Waals surface area contributed by atoms with E-state index in [2.05, 4.69) is 10.6 Å². The van der Waals surface area contributed by atoms with Crippen molar-refractivity contribution in [2.75, 3.05) is 24.4 Å². The number of carbonyl (C=O) groups excluding carboxylic acids is 2. The number of amides is 2.